The fraction of sp³-hybridized carbons (Fsp3) is 0.421. The molecule has 0 unspecified atom stereocenters. The van der Waals surface area contributed by atoms with Crippen molar-refractivity contribution in [3.8, 4) is 0 Å². The Morgan fingerprint density at radius 2 is 1.89 bits per heavy atom. The first-order valence-corrected chi connectivity index (χ1v) is 10.8. The molecule has 0 aliphatic carbocycles. The van der Waals surface area contributed by atoms with Gasteiger partial charge in [0.2, 0.25) is 5.95 Å². The number of aryl methyl sites for hydroxylation is 1. The van der Waals surface area contributed by atoms with E-state index < -0.39 is 0 Å². The summed E-state index contributed by atoms with van der Waals surface area (Å²) >= 11 is 2.39. The summed E-state index contributed by atoms with van der Waals surface area (Å²) in [5, 5.41) is 8.87. The van der Waals surface area contributed by atoms with E-state index in [1.165, 1.54) is 5.56 Å². The van der Waals surface area contributed by atoms with Crippen LogP contribution in [0.15, 0.2) is 30.5 Å². The number of benzene rings is 1. The second kappa shape index (κ2) is 7.97. The van der Waals surface area contributed by atoms with E-state index in [4.69, 9.17) is 9.97 Å². The van der Waals surface area contributed by atoms with Gasteiger partial charge < -0.3 is 15.1 Å². The molecular weight excluding hydrogens is 453 g/mol. The van der Waals surface area contributed by atoms with Crippen molar-refractivity contribution in [2.24, 2.45) is 7.05 Å². The third kappa shape index (κ3) is 3.73. The quantitative estimate of drug-likeness (QED) is 0.450. The van der Waals surface area contributed by atoms with Gasteiger partial charge >= 0.3 is 0 Å². The fourth-order valence-electron chi connectivity index (χ4n) is 3.40. The third-order valence-electron chi connectivity index (χ3n) is 5.10. The van der Waals surface area contributed by atoms with Gasteiger partial charge in [-0.2, -0.15) is 15.1 Å². The van der Waals surface area contributed by atoms with E-state index in [2.05, 4.69) is 67.9 Å². The first-order valence-electron chi connectivity index (χ1n) is 9.27. The van der Waals surface area contributed by atoms with Crippen LogP contribution in [-0.4, -0.2) is 57.4 Å². The van der Waals surface area contributed by atoms with Crippen LogP contribution in [0.1, 0.15) is 12.5 Å². The second-order valence-electron chi connectivity index (χ2n) is 6.71. The summed E-state index contributed by atoms with van der Waals surface area (Å²) in [4.78, 5) is 14.4. The molecule has 1 saturated heterocycles. The van der Waals surface area contributed by atoms with Crippen LogP contribution in [-0.2, 0) is 11.5 Å². The van der Waals surface area contributed by atoms with Gasteiger partial charge in [0.05, 0.1) is 11.6 Å². The van der Waals surface area contributed by atoms with Gasteiger partial charge in [-0.05, 0) is 18.2 Å². The van der Waals surface area contributed by atoms with Gasteiger partial charge in [0.15, 0.2) is 5.65 Å². The van der Waals surface area contributed by atoms with Crippen LogP contribution in [0, 0.1) is 0 Å². The Morgan fingerprint density at radius 1 is 1.11 bits per heavy atom. The highest BCUT2D eigenvalue weighted by atomic mass is 127. The van der Waals surface area contributed by atoms with E-state index in [-0.39, 0.29) is 0 Å². The number of piperazine rings is 1. The normalized spacial score (nSPS) is 15.4. The zero-order chi connectivity index (χ0) is 18.8. The molecule has 7 nitrogen and oxygen atoms in total. The topological polar surface area (TPSA) is 62.1 Å². The van der Waals surface area contributed by atoms with Crippen molar-refractivity contribution >= 4 is 51.1 Å². The zero-order valence-corrected chi connectivity index (χ0v) is 17.8. The number of nitrogens with zero attached hydrogens (tertiary/aromatic N) is 6. The smallest absolute Gasteiger partial charge is 0.229 e. The fourth-order valence-corrected chi connectivity index (χ4v) is 4.06. The summed E-state index contributed by atoms with van der Waals surface area (Å²) < 4.78 is 2.76. The molecule has 142 valence electrons. The number of aromatic nitrogens is 4. The third-order valence-corrected chi connectivity index (χ3v) is 5.92. The first-order chi connectivity index (χ1) is 13.2. The van der Waals surface area contributed by atoms with Crippen molar-refractivity contribution in [1.82, 2.24) is 24.6 Å². The largest absolute Gasteiger partial charge is 0.339 e. The van der Waals surface area contributed by atoms with Crippen molar-refractivity contribution in [3.05, 3.63) is 36.0 Å². The molecule has 1 fully saturated rings. The van der Waals surface area contributed by atoms with E-state index in [1.54, 1.807) is 0 Å². The van der Waals surface area contributed by atoms with Crippen LogP contribution in [0.25, 0.3) is 11.0 Å². The number of hydrogen-bond donors (Lipinski definition) is 1. The molecule has 0 atom stereocenters. The number of para-hydroxylation sites is 1. The lowest BCUT2D eigenvalue weighted by Gasteiger charge is -2.34. The van der Waals surface area contributed by atoms with Crippen LogP contribution in [0.3, 0.4) is 0 Å². The number of nitrogens with one attached hydrogen (secondary N) is 1. The van der Waals surface area contributed by atoms with Crippen LogP contribution < -0.4 is 10.2 Å². The molecule has 0 radical (unpaired) electrons. The minimum Gasteiger partial charge on any atom is -0.339 e. The van der Waals surface area contributed by atoms with Crippen molar-refractivity contribution in [2.75, 3.05) is 42.9 Å². The molecule has 3 aromatic rings. The second-order valence-corrected chi connectivity index (χ2v) is 7.48. The number of alkyl halides is 1. The Labute approximate surface area is 172 Å². The van der Waals surface area contributed by atoms with Gasteiger partial charge in [0.1, 0.15) is 5.82 Å². The van der Waals surface area contributed by atoms with Gasteiger partial charge in [-0.25, -0.2) is 0 Å². The monoisotopic (exact) mass is 477 g/mol. The predicted octanol–water partition coefficient (Wildman–Crippen LogP) is 3.18. The van der Waals surface area contributed by atoms with Gasteiger partial charge in [-0.15, -0.1) is 0 Å². The Bertz CT molecular complexity index is 931. The highest BCUT2D eigenvalue weighted by molar-refractivity contribution is 14.1. The molecule has 2 aromatic heterocycles. The summed E-state index contributed by atoms with van der Waals surface area (Å²) in [7, 11) is 1.93. The van der Waals surface area contributed by atoms with Gasteiger partial charge in [0, 0.05) is 43.3 Å². The molecule has 0 saturated carbocycles. The number of anilines is 3. The van der Waals surface area contributed by atoms with E-state index in [9.17, 15) is 0 Å². The first kappa shape index (κ1) is 18.4. The molecule has 1 aromatic carbocycles. The molecule has 8 heteroatoms. The Kier molecular flexibility index (Phi) is 5.44. The van der Waals surface area contributed by atoms with Crippen LogP contribution >= 0.6 is 22.6 Å². The maximum atomic E-state index is 4.89. The number of fused-ring (bicyclic) bond motifs is 1. The van der Waals surface area contributed by atoms with E-state index >= 15 is 0 Å². The summed E-state index contributed by atoms with van der Waals surface area (Å²) in [6, 6.07) is 8.35. The number of rotatable bonds is 5. The Hall–Kier alpha value is -1.94. The average molecular weight is 477 g/mol. The van der Waals surface area contributed by atoms with E-state index in [1.807, 2.05) is 24.0 Å². The highest BCUT2D eigenvalue weighted by Gasteiger charge is 2.21. The van der Waals surface area contributed by atoms with Gasteiger partial charge in [-0.1, -0.05) is 47.7 Å². The van der Waals surface area contributed by atoms with Gasteiger partial charge in [-0.3, -0.25) is 4.68 Å². The van der Waals surface area contributed by atoms with E-state index in [0.717, 1.165) is 65.6 Å². The minimum atomic E-state index is 0.774. The standard InChI is InChI=1S/C19H24IN7/c1-3-26-8-10-27(11-9-26)19-23-17(15-13-21-25(2)18(15)24-19)22-16-7-5-4-6-14(16)12-20/h4-7,13H,3,8-12H2,1-2H3,(H,22,23,24). The number of likely N-dealkylation sites (N-methyl/N-ethyl adjacent to an activating group) is 1. The summed E-state index contributed by atoms with van der Waals surface area (Å²) in [5.41, 5.74) is 3.19. The molecule has 0 spiro atoms. The van der Waals surface area contributed by atoms with Crippen molar-refractivity contribution in [1.29, 1.82) is 0 Å². The molecule has 1 aliphatic rings. The molecule has 1 N–H and O–H groups in total. The highest BCUT2D eigenvalue weighted by Crippen LogP contribution is 2.28. The maximum absolute atomic E-state index is 4.89. The summed E-state index contributed by atoms with van der Waals surface area (Å²) in [5.74, 6) is 1.59. The molecule has 3 heterocycles. The average Bonchev–Trinajstić information content (AvgIpc) is 3.09. The maximum Gasteiger partial charge on any atom is 0.229 e. The van der Waals surface area contributed by atoms with Crippen molar-refractivity contribution in [3.63, 3.8) is 0 Å². The van der Waals surface area contributed by atoms with Crippen LogP contribution in [0.5, 0.6) is 0 Å². The van der Waals surface area contributed by atoms with Crippen molar-refractivity contribution < 1.29 is 0 Å². The Morgan fingerprint density at radius 3 is 2.63 bits per heavy atom. The lowest BCUT2D eigenvalue weighted by Crippen LogP contribution is -2.46. The Balaban J connectivity index is 1.71. The molecule has 0 bridgehead atoms. The molecule has 27 heavy (non-hydrogen) atoms. The van der Waals surface area contributed by atoms with Crippen molar-refractivity contribution in [2.45, 2.75) is 11.4 Å². The van der Waals surface area contributed by atoms with Crippen LogP contribution in [0.4, 0.5) is 17.5 Å². The lowest BCUT2D eigenvalue weighted by atomic mass is 10.2. The SMILES string of the molecule is CCN1CCN(c2nc(Nc3ccccc3CI)c3cnn(C)c3n2)CC1. The lowest BCUT2D eigenvalue weighted by molar-refractivity contribution is 0.270. The predicted molar refractivity (Wildman–Crippen MR) is 118 cm³/mol. The minimum absolute atomic E-state index is 0.774. The summed E-state index contributed by atoms with van der Waals surface area (Å²) in [6.45, 7) is 7.28. The molecule has 1 aliphatic heterocycles. The van der Waals surface area contributed by atoms with Gasteiger partial charge in [0.25, 0.3) is 0 Å². The number of hydrogen-bond acceptors (Lipinski definition) is 6. The molecule has 4 rings (SSSR count). The molecule has 0 amide bonds. The number of halogens is 1. The summed E-state index contributed by atoms with van der Waals surface area (Å²) in [6.07, 6.45) is 1.84. The van der Waals surface area contributed by atoms with E-state index in [0.29, 0.717) is 0 Å². The molecular formula is C19H24IN7. The van der Waals surface area contributed by atoms with Crippen LogP contribution in [0.2, 0.25) is 0 Å². The zero-order valence-electron chi connectivity index (χ0n) is 15.7.